The van der Waals surface area contributed by atoms with E-state index in [0.29, 0.717) is 0 Å². The van der Waals surface area contributed by atoms with Gasteiger partial charge in [0, 0.05) is 11.6 Å². The molecule has 0 amide bonds. The average molecular weight is 249 g/mol. The number of benzene rings is 1. The second kappa shape index (κ2) is 6.35. The van der Waals surface area contributed by atoms with Gasteiger partial charge in [-0.3, -0.25) is 0 Å². The molecule has 0 bridgehead atoms. The maximum Gasteiger partial charge on any atom is 0.0940 e. The van der Waals surface area contributed by atoms with Gasteiger partial charge in [0.1, 0.15) is 0 Å². The molecule has 2 unspecified atom stereocenters. The number of hydrogen-bond donors (Lipinski definition) is 2. The van der Waals surface area contributed by atoms with Gasteiger partial charge in [0.25, 0.3) is 0 Å². The van der Waals surface area contributed by atoms with Crippen LogP contribution in [0.5, 0.6) is 0 Å². The molecule has 0 aromatic heterocycles. The van der Waals surface area contributed by atoms with Crippen molar-refractivity contribution in [1.82, 2.24) is 5.32 Å². The lowest BCUT2D eigenvalue weighted by Crippen LogP contribution is -2.44. The van der Waals surface area contributed by atoms with E-state index in [4.69, 9.17) is 0 Å². The van der Waals surface area contributed by atoms with Crippen LogP contribution in [0.2, 0.25) is 0 Å². The normalized spacial score (nSPS) is 15.4. The SMILES string of the molecule is CCCc1ccc(C(O)C(C)NC(C)(C)C)cc1. The highest BCUT2D eigenvalue weighted by atomic mass is 16.3. The molecular formula is C16H27NO. The van der Waals surface area contributed by atoms with E-state index in [1.807, 2.05) is 19.1 Å². The number of nitrogens with one attached hydrogen (secondary N) is 1. The zero-order valence-electron chi connectivity index (χ0n) is 12.3. The average Bonchev–Trinajstić information content (AvgIpc) is 2.27. The van der Waals surface area contributed by atoms with Crippen molar-refractivity contribution >= 4 is 0 Å². The van der Waals surface area contributed by atoms with Crippen LogP contribution in [-0.2, 0) is 6.42 Å². The van der Waals surface area contributed by atoms with Gasteiger partial charge < -0.3 is 10.4 Å². The van der Waals surface area contributed by atoms with Crippen molar-refractivity contribution in [1.29, 1.82) is 0 Å². The highest BCUT2D eigenvalue weighted by Crippen LogP contribution is 2.19. The lowest BCUT2D eigenvalue weighted by atomic mass is 9.98. The summed E-state index contributed by atoms with van der Waals surface area (Å²) in [6.07, 6.45) is 1.80. The van der Waals surface area contributed by atoms with Gasteiger partial charge >= 0.3 is 0 Å². The van der Waals surface area contributed by atoms with E-state index in [0.717, 1.165) is 18.4 Å². The number of aliphatic hydroxyl groups is 1. The van der Waals surface area contributed by atoms with Gasteiger partial charge in [-0.25, -0.2) is 0 Å². The summed E-state index contributed by atoms with van der Waals surface area (Å²) in [5.41, 5.74) is 2.34. The number of rotatable bonds is 5. The zero-order chi connectivity index (χ0) is 13.8. The molecule has 2 N–H and O–H groups in total. The van der Waals surface area contributed by atoms with Gasteiger partial charge in [0.05, 0.1) is 6.10 Å². The summed E-state index contributed by atoms with van der Waals surface area (Å²) in [5, 5.41) is 13.7. The summed E-state index contributed by atoms with van der Waals surface area (Å²) in [7, 11) is 0. The zero-order valence-corrected chi connectivity index (χ0v) is 12.3. The number of hydrogen-bond acceptors (Lipinski definition) is 2. The van der Waals surface area contributed by atoms with E-state index in [1.165, 1.54) is 5.56 Å². The quantitative estimate of drug-likeness (QED) is 0.837. The lowest BCUT2D eigenvalue weighted by Gasteiger charge is -2.29. The molecule has 2 nitrogen and oxygen atoms in total. The van der Waals surface area contributed by atoms with Gasteiger partial charge in [-0.2, -0.15) is 0 Å². The van der Waals surface area contributed by atoms with Crippen molar-refractivity contribution in [3.63, 3.8) is 0 Å². The smallest absolute Gasteiger partial charge is 0.0940 e. The first-order chi connectivity index (χ1) is 8.33. The number of aliphatic hydroxyl groups excluding tert-OH is 1. The van der Waals surface area contributed by atoms with Crippen LogP contribution in [0.4, 0.5) is 0 Å². The van der Waals surface area contributed by atoms with Gasteiger partial charge in [-0.05, 0) is 45.2 Å². The van der Waals surface area contributed by atoms with Crippen LogP contribution in [0.3, 0.4) is 0 Å². The molecule has 0 aliphatic rings. The summed E-state index contributed by atoms with van der Waals surface area (Å²) in [6, 6.07) is 8.35. The minimum absolute atomic E-state index is 0.0164. The fourth-order valence-electron chi connectivity index (χ4n) is 2.22. The predicted octanol–water partition coefficient (Wildman–Crippen LogP) is 3.45. The van der Waals surface area contributed by atoms with Crippen LogP contribution in [0, 0.1) is 0 Å². The van der Waals surface area contributed by atoms with Gasteiger partial charge in [0.15, 0.2) is 0 Å². The largest absolute Gasteiger partial charge is 0.387 e. The third-order valence-corrected chi connectivity index (χ3v) is 2.99. The fourth-order valence-corrected chi connectivity index (χ4v) is 2.22. The Morgan fingerprint density at radius 2 is 1.72 bits per heavy atom. The van der Waals surface area contributed by atoms with Crippen LogP contribution < -0.4 is 5.32 Å². The molecule has 0 aliphatic carbocycles. The van der Waals surface area contributed by atoms with E-state index in [9.17, 15) is 5.11 Å². The molecule has 0 saturated carbocycles. The van der Waals surface area contributed by atoms with Crippen LogP contribution in [-0.4, -0.2) is 16.7 Å². The van der Waals surface area contributed by atoms with Crippen molar-refractivity contribution in [2.45, 2.75) is 65.1 Å². The molecule has 18 heavy (non-hydrogen) atoms. The first kappa shape index (κ1) is 15.2. The van der Waals surface area contributed by atoms with Crippen molar-refractivity contribution in [3.05, 3.63) is 35.4 Å². The molecule has 0 saturated heterocycles. The van der Waals surface area contributed by atoms with Crippen LogP contribution >= 0.6 is 0 Å². The van der Waals surface area contributed by atoms with Crippen LogP contribution in [0.25, 0.3) is 0 Å². The Balaban J connectivity index is 2.68. The standard InChI is InChI=1S/C16H27NO/c1-6-7-13-8-10-14(11-9-13)15(18)12(2)17-16(3,4)5/h8-12,15,17-18H,6-7H2,1-5H3. The Morgan fingerprint density at radius 1 is 1.17 bits per heavy atom. The molecule has 1 aromatic rings. The van der Waals surface area contributed by atoms with Crippen LogP contribution in [0.15, 0.2) is 24.3 Å². The van der Waals surface area contributed by atoms with E-state index in [-0.39, 0.29) is 11.6 Å². The van der Waals surface area contributed by atoms with E-state index in [2.05, 4.69) is 45.1 Å². The molecule has 0 aliphatic heterocycles. The minimum Gasteiger partial charge on any atom is -0.387 e. The molecule has 102 valence electrons. The highest BCUT2D eigenvalue weighted by Gasteiger charge is 2.21. The van der Waals surface area contributed by atoms with Crippen molar-refractivity contribution in [2.75, 3.05) is 0 Å². The maximum absolute atomic E-state index is 10.3. The predicted molar refractivity (Wildman–Crippen MR) is 77.7 cm³/mol. The molecule has 2 atom stereocenters. The van der Waals surface area contributed by atoms with Gasteiger partial charge in [-0.1, -0.05) is 37.6 Å². The van der Waals surface area contributed by atoms with Gasteiger partial charge in [0.2, 0.25) is 0 Å². The highest BCUT2D eigenvalue weighted by molar-refractivity contribution is 5.25. The summed E-state index contributed by atoms with van der Waals surface area (Å²) in [4.78, 5) is 0. The molecule has 0 fully saturated rings. The third-order valence-electron chi connectivity index (χ3n) is 2.99. The van der Waals surface area contributed by atoms with E-state index < -0.39 is 6.10 Å². The monoisotopic (exact) mass is 249 g/mol. The summed E-state index contributed by atoms with van der Waals surface area (Å²) in [5.74, 6) is 0. The molecule has 1 aromatic carbocycles. The lowest BCUT2D eigenvalue weighted by molar-refractivity contribution is 0.121. The Hall–Kier alpha value is -0.860. The molecule has 0 radical (unpaired) electrons. The Bertz CT molecular complexity index is 350. The van der Waals surface area contributed by atoms with E-state index >= 15 is 0 Å². The Kier molecular flexibility index (Phi) is 5.36. The summed E-state index contributed by atoms with van der Waals surface area (Å²) in [6.45, 7) is 10.5. The molecule has 2 heteroatoms. The second-order valence-corrected chi connectivity index (χ2v) is 6.12. The van der Waals surface area contributed by atoms with Crippen molar-refractivity contribution in [3.8, 4) is 0 Å². The fraction of sp³-hybridized carbons (Fsp3) is 0.625. The van der Waals surface area contributed by atoms with E-state index in [1.54, 1.807) is 0 Å². The van der Waals surface area contributed by atoms with Crippen molar-refractivity contribution in [2.24, 2.45) is 0 Å². The minimum atomic E-state index is -0.458. The Labute approximate surface area is 111 Å². The topological polar surface area (TPSA) is 32.3 Å². The molecule has 1 rings (SSSR count). The van der Waals surface area contributed by atoms with Crippen molar-refractivity contribution < 1.29 is 5.11 Å². The maximum atomic E-state index is 10.3. The summed E-state index contributed by atoms with van der Waals surface area (Å²) < 4.78 is 0. The third kappa shape index (κ3) is 4.79. The Morgan fingerprint density at radius 3 is 2.17 bits per heavy atom. The summed E-state index contributed by atoms with van der Waals surface area (Å²) >= 11 is 0. The molecule has 0 heterocycles. The second-order valence-electron chi connectivity index (χ2n) is 6.12. The van der Waals surface area contributed by atoms with Crippen LogP contribution in [0.1, 0.15) is 58.3 Å². The first-order valence-electron chi connectivity index (χ1n) is 6.88. The van der Waals surface area contributed by atoms with Gasteiger partial charge in [-0.15, -0.1) is 0 Å². The first-order valence-corrected chi connectivity index (χ1v) is 6.88. The molecular weight excluding hydrogens is 222 g/mol. The number of aryl methyl sites for hydroxylation is 1. The molecule has 0 spiro atoms.